The number of nitrogens with one attached hydrogen (secondary N) is 1. The number of carbonyl (C=O) groups excluding carboxylic acids is 1. The monoisotopic (exact) mass is 503 g/mol. The van der Waals surface area contributed by atoms with Crippen molar-refractivity contribution >= 4 is 39.9 Å². The van der Waals surface area contributed by atoms with Crippen molar-refractivity contribution in [3.8, 4) is 0 Å². The Kier molecular flexibility index (Phi) is 6.81. The van der Waals surface area contributed by atoms with Crippen LogP contribution in [0.3, 0.4) is 0 Å². The molecule has 2 aliphatic rings. The predicted molar refractivity (Wildman–Crippen MR) is 149 cm³/mol. The van der Waals surface area contributed by atoms with Gasteiger partial charge in [-0.1, -0.05) is 6.08 Å². The molecule has 5 heterocycles. The Morgan fingerprint density at radius 1 is 1.05 bits per heavy atom. The molecule has 0 aliphatic carbocycles. The molecule has 0 radical (unpaired) electrons. The quantitative estimate of drug-likeness (QED) is 0.561. The zero-order chi connectivity index (χ0) is 26.2. The number of piperazine rings is 1. The maximum Gasteiger partial charge on any atom is 0.410 e. The number of rotatable bonds is 4. The number of ether oxygens (including phenoxy) is 1. The van der Waals surface area contributed by atoms with Crippen molar-refractivity contribution in [3.05, 3.63) is 48.4 Å². The molecule has 9 nitrogen and oxygen atoms in total. The van der Waals surface area contributed by atoms with Crippen molar-refractivity contribution in [1.29, 1.82) is 0 Å². The Morgan fingerprint density at radius 3 is 2.51 bits per heavy atom. The van der Waals surface area contributed by atoms with Gasteiger partial charge in [0.15, 0.2) is 0 Å². The Hall–Kier alpha value is -3.59. The minimum atomic E-state index is -0.494. The highest BCUT2D eigenvalue weighted by atomic mass is 16.6. The maximum atomic E-state index is 12.4. The summed E-state index contributed by atoms with van der Waals surface area (Å²) in [5.41, 5.74) is 4.75. The van der Waals surface area contributed by atoms with Crippen molar-refractivity contribution in [1.82, 2.24) is 24.8 Å². The molecule has 1 fully saturated rings. The lowest BCUT2D eigenvalue weighted by Gasteiger charge is -2.33. The van der Waals surface area contributed by atoms with E-state index in [1.165, 1.54) is 5.57 Å². The molecule has 3 aromatic rings. The number of hydrogen-bond donors (Lipinski definition) is 1. The average Bonchev–Trinajstić information content (AvgIpc) is 3.32. The van der Waals surface area contributed by atoms with Crippen molar-refractivity contribution < 1.29 is 9.53 Å². The van der Waals surface area contributed by atoms with Crippen LogP contribution in [0.25, 0.3) is 16.6 Å². The summed E-state index contributed by atoms with van der Waals surface area (Å²) in [7, 11) is 4.25. The molecular formula is C28H37N7O2. The second kappa shape index (κ2) is 10.0. The number of aromatic amines is 1. The molecule has 37 heavy (non-hydrogen) atoms. The van der Waals surface area contributed by atoms with Gasteiger partial charge in [0.05, 0.1) is 5.69 Å². The standard InChI is InChI=1S/C28H37N7O2/c1-28(2,3)37-27(36)35-12-8-20(9-13-35)23-19-22-24(7-11-30-26(22)31-23)33(5)21-6-10-29-25(18-21)34-16-14-32(4)15-17-34/h6-8,10-11,18-19H,9,12-17H2,1-5H3,(H,30,31). The van der Waals surface area contributed by atoms with Gasteiger partial charge < -0.3 is 29.3 Å². The minimum Gasteiger partial charge on any atom is -0.444 e. The molecule has 3 aromatic heterocycles. The zero-order valence-electron chi connectivity index (χ0n) is 22.5. The second-order valence-corrected chi connectivity index (χ2v) is 10.9. The number of fused-ring (bicyclic) bond motifs is 1. The van der Waals surface area contributed by atoms with Gasteiger partial charge in [0, 0.05) is 81.5 Å². The first-order valence-corrected chi connectivity index (χ1v) is 13.0. The van der Waals surface area contributed by atoms with Gasteiger partial charge in [-0.05, 0) is 58.0 Å². The van der Waals surface area contributed by atoms with E-state index in [-0.39, 0.29) is 6.09 Å². The fraction of sp³-hybridized carbons (Fsp3) is 0.464. The molecule has 1 amide bonds. The molecule has 0 atom stereocenters. The highest BCUT2D eigenvalue weighted by molar-refractivity contribution is 5.95. The third-order valence-electron chi connectivity index (χ3n) is 7.02. The number of pyridine rings is 2. The van der Waals surface area contributed by atoms with E-state index in [2.05, 4.69) is 68.0 Å². The van der Waals surface area contributed by atoms with Crippen molar-refractivity contribution in [2.45, 2.75) is 32.8 Å². The van der Waals surface area contributed by atoms with Crippen LogP contribution in [0.15, 0.2) is 42.7 Å². The van der Waals surface area contributed by atoms with E-state index < -0.39 is 5.60 Å². The van der Waals surface area contributed by atoms with Crippen molar-refractivity contribution in [3.63, 3.8) is 0 Å². The van der Waals surface area contributed by atoms with E-state index in [0.717, 1.165) is 66.5 Å². The molecule has 0 bridgehead atoms. The van der Waals surface area contributed by atoms with E-state index in [9.17, 15) is 4.79 Å². The van der Waals surface area contributed by atoms with Crippen molar-refractivity contribution in [2.75, 3.05) is 63.2 Å². The van der Waals surface area contributed by atoms with E-state index in [1.807, 2.05) is 39.2 Å². The lowest BCUT2D eigenvalue weighted by Crippen LogP contribution is -2.44. The Bertz CT molecular complexity index is 1300. The Morgan fingerprint density at radius 2 is 1.81 bits per heavy atom. The number of nitrogens with zero attached hydrogens (tertiary/aromatic N) is 6. The van der Waals surface area contributed by atoms with E-state index >= 15 is 0 Å². The van der Waals surface area contributed by atoms with Crippen LogP contribution in [0.1, 0.15) is 32.9 Å². The fourth-order valence-corrected chi connectivity index (χ4v) is 4.85. The number of carbonyl (C=O) groups is 1. The first-order valence-electron chi connectivity index (χ1n) is 13.0. The van der Waals surface area contributed by atoms with Gasteiger partial charge in [-0.25, -0.2) is 14.8 Å². The van der Waals surface area contributed by atoms with Crippen LogP contribution in [-0.2, 0) is 4.74 Å². The summed E-state index contributed by atoms with van der Waals surface area (Å²) in [5, 5.41) is 1.06. The average molecular weight is 504 g/mol. The molecule has 0 unspecified atom stereocenters. The molecule has 2 aliphatic heterocycles. The molecular weight excluding hydrogens is 466 g/mol. The largest absolute Gasteiger partial charge is 0.444 e. The highest BCUT2D eigenvalue weighted by Gasteiger charge is 2.25. The molecule has 196 valence electrons. The van der Waals surface area contributed by atoms with Crippen LogP contribution in [0.4, 0.5) is 22.0 Å². The van der Waals surface area contributed by atoms with Gasteiger partial charge in [-0.15, -0.1) is 0 Å². The van der Waals surface area contributed by atoms with E-state index in [0.29, 0.717) is 13.1 Å². The summed E-state index contributed by atoms with van der Waals surface area (Å²) in [6.45, 7) is 10.9. The van der Waals surface area contributed by atoms with Crippen LogP contribution in [-0.4, -0.2) is 89.8 Å². The van der Waals surface area contributed by atoms with Crippen LogP contribution in [0.5, 0.6) is 0 Å². The van der Waals surface area contributed by atoms with Crippen LogP contribution < -0.4 is 9.80 Å². The number of likely N-dealkylation sites (N-methyl/N-ethyl adjacent to an activating group) is 1. The van der Waals surface area contributed by atoms with Gasteiger partial charge >= 0.3 is 6.09 Å². The summed E-state index contributed by atoms with van der Waals surface area (Å²) in [6.07, 6.45) is 6.33. The lowest BCUT2D eigenvalue weighted by atomic mass is 10.0. The summed E-state index contributed by atoms with van der Waals surface area (Å²) >= 11 is 0. The van der Waals surface area contributed by atoms with Crippen molar-refractivity contribution in [2.24, 2.45) is 0 Å². The molecule has 0 saturated carbocycles. The molecule has 0 aromatic carbocycles. The number of anilines is 3. The summed E-state index contributed by atoms with van der Waals surface area (Å²) in [5.74, 6) is 1.01. The summed E-state index contributed by atoms with van der Waals surface area (Å²) in [4.78, 5) is 33.8. The van der Waals surface area contributed by atoms with Gasteiger partial charge in [-0.3, -0.25) is 0 Å². The van der Waals surface area contributed by atoms with Gasteiger partial charge in [-0.2, -0.15) is 0 Å². The number of amides is 1. The van der Waals surface area contributed by atoms with Gasteiger partial charge in [0.2, 0.25) is 0 Å². The van der Waals surface area contributed by atoms with E-state index in [4.69, 9.17) is 4.74 Å². The predicted octanol–water partition coefficient (Wildman–Crippen LogP) is 4.50. The Labute approximate surface area is 218 Å². The van der Waals surface area contributed by atoms with Gasteiger partial charge in [0.1, 0.15) is 17.1 Å². The molecule has 0 spiro atoms. The van der Waals surface area contributed by atoms with Crippen LogP contribution in [0.2, 0.25) is 0 Å². The fourth-order valence-electron chi connectivity index (χ4n) is 4.85. The third-order valence-corrected chi connectivity index (χ3v) is 7.02. The number of hydrogen-bond acceptors (Lipinski definition) is 7. The smallest absolute Gasteiger partial charge is 0.410 e. The summed E-state index contributed by atoms with van der Waals surface area (Å²) in [6, 6.07) is 8.44. The third kappa shape index (κ3) is 5.56. The Balaban J connectivity index is 1.36. The SMILES string of the molecule is CN1CCN(c2cc(N(C)c3ccnc4[nH]c(C5=CCN(C(=O)OC(C)(C)C)CC5)cc34)ccn2)CC1. The topological polar surface area (TPSA) is 80.8 Å². The first-order chi connectivity index (χ1) is 17.7. The van der Waals surface area contributed by atoms with Crippen LogP contribution in [0, 0.1) is 0 Å². The first kappa shape index (κ1) is 25.1. The summed E-state index contributed by atoms with van der Waals surface area (Å²) < 4.78 is 5.53. The second-order valence-electron chi connectivity index (χ2n) is 10.9. The highest BCUT2D eigenvalue weighted by Crippen LogP contribution is 2.34. The lowest BCUT2D eigenvalue weighted by molar-refractivity contribution is 0.0270. The molecule has 1 N–H and O–H groups in total. The molecule has 9 heteroatoms. The minimum absolute atomic E-state index is 0.265. The number of aromatic nitrogens is 3. The molecule has 1 saturated heterocycles. The van der Waals surface area contributed by atoms with Gasteiger partial charge in [0.25, 0.3) is 0 Å². The zero-order valence-corrected chi connectivity index (χ0v) is 22.5. The number of H-pyrrole nitrogens is 1. The maximum absolute atomic E-state index is 12.4. The normalized spacial score (nSPS) is 17.2. The molecule has 5 rings (SSSR count). The van der Waals surface area contributed by atoms with Crippen LogP contribution >= 0.6 is 0 Å². The van der Waals surface area contributed by atoms with E-state index in [1.54, 1.807) is 4.90 Å².